The first-order valence-electron chi connectivity index (χ1n) is 27.6. The number of hydrogen-bond donors (Lipinski definition) is 0. The highest BCUT2D eigenvalue weighted by Crippen LogP contribution is 2.38. The zero-order chi connectivity index (χ0) is 51.3. The SMILES string of the molecule is CC/C=C\C/C=C\C/C=C\C/C=C\C/C=C\C/C=C\C/C=C\C/C=C\CCCCC(=O)OC(COC(=O)CCCCCCCCCCC/C=C\CCCCCCCC)COP(=O)([O-])OCC[N+](C)(C)C. The summed E-state index contributed by atoms with van der Waals surface area (Å²) in [6, 6.07) is 0. The zero-order valence-electron chi connectivity index (χ0n) is 45.2. The van der Waals surface area contributed by atoms with Crippen molar-refractivity contribution < 1.29 is 42.1 Å². The van der Waals surface area contributed by atoms with Crippen LogP contribution in [0.2, 0.25) is 0 Å². The Bertz CT molecular complexity index is 1550. The van der Waals surface area contributed by atoms with Gasteiger partial charge in [-0.15, -0.1) is 0 Å². The monoisotopic (exact) mass is 996 g/mol. The van der Waals surface area contributed by atoms with E-state index < -0.39 is 32.5 Å². The molecule has 0 radical (unpaired) electrons. The van der Waals surface area contributed by atoms with Crippen LogP contribution in [0, 0.1) is 0 Å². The van der Waals surface area contributed by atoms with Crippen LogP contribution in [0.1, 0.15) is 206 Å². The Morgan fingerprint density at radius 3 is 1.26 bits per heavy atom. The Morgan fingerprint density at radius 2 is 0.814 bits per heavy atom. The average Bonchev–Trinajstić information content (AvgIpc) is 3.32. The molecular weight excluding hydrogens is 894 g/mol. The van der Waals surface area contributed by atoms with E-state index in [0.29, 0.717) is 17.4 Å². The van der Waals surface area contributed by atoms with E-state index in [2.05, 4.69) is 123 Å². The Balaban J connectivity index is 4.34. The minimum absolute atomic E-state index is 0.0456. The number of esters is 2. The molecular formula is C60H102NO8P. The molecule has 2 unspecified atom stereocenters. The number of carbonyl (C=O) groups is 2. The van der Waals surface area contributed by atoms with Crippen LogP contribution < -0.4 is 4.89 Å². The molecule has 0 N–H and O–H groups in total. The summed E-state index contributed by atoms with van der Waals surface area (Å²) in [6.45, 7) is 4.06. The summed E-state index contributed by atoms with van der Waals surface area (Å²) in [6.07, 6.45) is 69.8. The summed E-state index contributed by atoms with van der Waals surface area (Å²) in [4.78, 5) is 37.8. The average molecular weight is 996 g/mol. The van der Waals surface area contributed by atoms with E-state index in [-0.39, 0.29) is 26.1 Å². The molecule has 0 aromatic rings. The summed E-state index contributed by atoms with van der Waals surface area (Å²) in [5, 5.41) is 0. The normalized spacial score (nSPS) is 14.2. The molecule has 0 aliphatic carbocycles. The van der Waals surface area contributed by atoms with Gasteiger partial charge in [0.1, 0.15) is 19.8 Å². The predicted molar refractivity (Wildman–Crippen MR) is 295 cm³/mol. The first-order chi connectivity index (χ1) is 34.0. The number of carbonyl (C=O) groups excluding carboxylic acids is 2. The first-order valence-corrected chi connectivity index (χ1v) is 29.1. The summed E-state index contributed by atoms with van der Waals surface area (Å²) in [7, 11) is 1.12. The van der Waals surface area contributed by atoms with Crippen LogP contribution in [0.4, 0.5) is 0 Å². The van der Waals surface area contributed by atoms with E-state index in [1.165, 1.54) is 83.5 Å². The third-order valence-electron chi connectivity index (χ3n) is 11.3. The number of phosphoric ester groups is 1. The maximum absolute atomic E-state index is 12.8. The Hall–Kier alpha value is -3.33. The molecule has 0 bridgehead atoms. The zero-order valence-corrected chi connectivity index (χ0v) is 46.1. The molecule has 10 heteroatoms. The minimum atomic E-state index is -4.65. The molecule has 0 saturated carbocycles. The van der Waals surface area contributed by atoms with Crippen LogP contribution in [0.5, 0.6) is 0 Å². The van der Waals surface area contributed by atoms with E-state index in [4.69, 9.17) is 18.5 Å². The number of phosphoric acid groups is 1. The molecule has 0 rings (SSSR count). The highest BCUT2D eigenvalue weighted by molar-refractivity contribution is 7.45. The topological polar surface area (TPSA) is 111 Å². The van der Waals surface area contributed by atoms with Crippen LogP contribution in [0.3, 0.4) is 0 Å². The molecule has 0 saturated heterocycles. The fourth-order valence-corrected chi connectivity index (χ4v) is 7.75. The van der Waals surface area contributed by atoms with Gasteiger partial charge in [-0.05, 0) is 103 Å². The van der Waals surface area contributed by atoms with Gasteiger partial charge in [-0.25, -0.2) is 0 Å². The second-order valence-corrected chi connectivity index (χ2v) is 20.6. The highest BCUT2D eigenvalue weighted by atomic mass is 31.2. The number of allylic oxidation sites excluding steroid dienone is 18. The molecule has 0 fully saturated rings. The first kappa shape index (κ1) is 66.7. The van der Waals surface area contributed by atoms with Crippen LogP contribution >= 0.6 is 7.82 Å². The van der Waals surface area contributed by atoms with Crippen molar-refractivity contribution in [2.45, 2.75) is 213 Å². The number of nitrogens with zero attached hydrogens (tertiary/aromatic N) is 1. The van der Waals surface area contributed by atoms with Gasteiger partial charge in [0.25, 0.3) is 7.82 Å². The van der Waals surface area contributed by atoms with Gasteiger partial charge >= 0.3 is 11.9 Å². The van der Waals surface area contributed by atoms with Gasteiger partial charge in [0, 0.05) is 12.8 Å². The lowest BCUT2D eigenvalue weighted by atomic mass is 10.1. The summed E-state index contributed by atoms with van der Waals surface area (Å²) < 4.78 is 34.0. The van der Waals surface area contributed by atoms with E-state index >= 15 is 0 Å². The second-order valence-electron chi connectivity index (χ2n) is 19.2. The molecule has 400 valence electrons. The van der Waals surface area contributed by atoms with Gasteiger partial charge in [0.15, 0.2) is 6.10 Å². The minimum Gasteiger partial charge on any atom is -0.756 e. The van der Waals surface area contributed by atoms with Crippen molar-refractivity contribution in [1.29, 1.82) is 0 Å². The number of unbranched alkanes of at least 4 members (excludes halogenated alkanes) is 17. The molecule has 0 aliphatic heterocycles. The second kappa shape index (κ2) is 50.6. The van der Waals surface area contributed by atoms with E-state index in [1.807, 2.05) is 21.1 Å². The van der Waals surface area contributed by atoms with Crippen molar-refractivity contribution in [2.24, 2.45) is 0 Å². The Labute approximate surface area is 429 Å². The van der Waals surface area contributed by atoms with Crippen LogP contribution in [-0.4, -0.2) is 70.0 Å². The van der Waals surface area contributed by atoms with Crippen LogP contribution in [0.25, 0.3) is 0 Å². The molecule has 0 aromatic carbocycles. The molecule has 0 spiro atoms. The van der Waals surface area contributed by atoms with Crippen LogP contribution in [-0.2, 0) is 32.7 Å². The van der Waals surface area contributed by atoms with Crippen molar-refractivity contribution in [3.8, 4) is 0 Å². The third-order valence-corrected chi connectivity index (χ3v) is 12.2. The third kappa shape index (κ3) is 54.0. The Morgan fingerprint density at radius 1 is 0.457 bits per heavy atom. The van der Waals surface area contributed by atoms with E-state index in [0.717, 1.165) is 89.9 Å². The van der Waals surface area contributed by atoms with E-state index in [1.54, 1.807) is 0 Å². The quantitative estimate of drug-likeness (QED) is 0.0195. The summed E-state index contributed by atoms with van der Waals surface area (Å²) in [5.41, 5.74) is 0. The van der Waals surface area contributed by atoms with Crippen molar-refractivity contribution in [3.05, 3.63) is 109 Å². The Kier molecular flexibility index (Phi) is 48.2. The smallest absolute Gasteiger partial charge is 0.306 e. The molecule has 0 heterocycles. The lowest BCUT2D eigenvalue weighted by Crippen LogP contribution is -2.37. The molecule has 0 aliphatic rings. The predicted octanol–water partition coefficient (Wildman–Crippen LogP) is 16.4. The molecule has 9 nitrogen and oxygen atoms in total. The van der Waals surface area contributed by atoms with Gasteiger partial charge in [-0.2, -0.15) is 0 Å². The molecule has 0 amide bonds. The van der Waals surface area contributed by atoms with Crippen molar-refractivity contribution in [3.63, 3.8) is 0 Å². The fourth-order valence-electron chi connectivity index (χ4n) is 7.02. The lowest BCUT2D eigenvalue weighted by Gasteiger charge is -2.28. The van der Waals surface area contributed by atoms with Crippen molar-refractivity contribution in [2.75, 3.05) is 47.5 Å². The molecule has 0 aromatic heterocycles. The van der Waals surface area contributed by atoms with Gasteiger partial charge in [0.2, 0.25) is 0 Å². The van der Waals surface area contributed by atoms with Gasteiger partial charge < -0.3 is 27.9 Å². The number of quaternary nitrogens is 1. The largest absolute Gasteiger partial charge is 0.756 e. The lowest BCUT2D eigenvalue weighted by molar-refractivity contribution is -0.870. The standard InChI is InChI=1S/C60H102NO8P/c1-6-8-10-12-14-16-18-20-22-24-26-27-28-29-30-31-32-33-35-37-39-41-43-45-47-49-51-53-60(63)69-58(57-68-70(64,65)67-55-54-61(3,4)5)56-66-59(62)52-50-48-46-44-42-40-38-36-34-25-23-21-19-17-15-13-11-9-7-2/h8,10,14,16,20-23,26-27,29-30,32-33,37,39,43,45,58H,6-7,9,11-13,15,17-19,24-25,28,31,34-36,38,40-42,44,46-57H2,1-5H3/b10-8-,16-14-,22-20-,23-21-,27-26-,30-29-,33-32-,39-37-,45-43-. The number of ether oxygens (including phenoxy) is 2. The molecule has 2 atom stereocenters. The molecule has 70 heavy (non-hydrogen) atoms. The maximum Gasteiger partial charge on any atom is 0.306 e. The summed E-state index contributed by atoms with van der Waals surface area (Å²) >= 11 is 0. The fraction of sp³-hybridized carbons (Fsp3) is 0.667. The van der Waals surface area contributed by atoms with Gasteiger partial charge in [0.05, 0.1) is 27.7 Å². The van der Waals surface area contributed by atoms with Crippen LogP contribution in [0.15, 0.2) is 109 Å². The number of hydrogen-bond acceptors (Lipinski definition) is 8. The van der Waals surface area contributed by atoms with Gasteiger partial charge in [-0.1, -0.05) is 200 Å². The van der Waals surface area contributed by atoms with Gasteiger partial charge in [-0.3, -0.25) is 14.2 Å². The maximum atomic E-state index is 12.8. The number of rotatable bonds is 49. The van der Waals surface area contributed by atoms with Crippen molar-refractivity contribution in [1.82, 2.24) is 0 Å². The summed E-state index contributed by atoms with van der Waals surface area (Å²) in [5.74, 6) is -0.893. The van der Waals surface area contributed by atoms with Crippen molar-refractivity contribution >= 4 is 19.8 Å². The van der Waals surface area contributed by atoms with E-state index in [9.17, 15) is 19.0 Å². The number of likely N-dealkylation sites (N-methyl/N-ethyl adjacent to an activating group) is 1. The highest BCUT2D eigenvalue weighted by Gasteiger charge is 2.21.